The van der Waals surface area contributed by atoms with Crippen LogP contribution in [0.3, 0.4) is 0 Å². The third-order valence-electron chi connectivity index (χ3n) is 1.87. The van der Waals surface area contributed by atoms with Crippen LogP contribution in [0.25, 0.3) is 0 Å². The zero-order valence-electron chi connectivity index (χ0n) is 8.31. The predicted molar refractivity (Wildman–Crippen MR) is 56.6 cm³/mol. The number of aromatic nitrogens is 2. The van der Waals surface area contributed by atoms with Crippen molar-refractivity contribution in [2.24, 2.45) is 0 Å². The number of hydrogen-bond acceptors (Lipinski definition) is 4. The molecular formula is C9H14ClN3O. The molecule has 0 bridgehead atoms. The quantitative estimate of drug-likeness (QED) is 0.824. The SMILES string of the molecule is C[C@@H](O)CCN(C)c1cncc(Cl)n1. The highest BCUT2D eigenvalue weighted by molar-refractivity contribution is 6.29. The molecule has 1 aromatic heterocycles. The topological polar surface area (TPSA) is 49.2 Å². The Hall–Kier alpha value is -0.870. The zero-order valence-corrected chi connectivity index (χ0v) is 9.07. The second kappa shape index (κ2) is 5.12. The number of aliphatic hydroxyl groups is 1. The van der Waals surface area contributed by atoms with E-state index >= 15 is 0 Å². The fraction of sp³-hybridized carbons (Fsp3) is 0.556. The van der Waals surface area contributed by atoms with Gasteiger partial charge in [0.2, 0.25) is 0 Å². The van der Waals surface area contributed by atoms with Gasteiger partial charge in [-0.2, -0.15) is 0 Å². The Morgan fingerprint density at radius 3 is 2.86 bits per heavy atom. The largest absolute Gasteiger partial charge is 0.393 e. The summed E-state index contributed by atoms with van der Waals surface area (Å²) in [5.74, 6) is 0.721. The lowest BCUT2D eigenvalue weighted by Crippen LogP contribution is -2.22. The van der Waals surface area contributed by atoms with Crippen molar-refractivity contribution in [1.82, 2.24) is 9.97 Å². The van der Waals surface area contributed by atoms with Crippen LogP contribution in [0, 0.1) is 0 Å². The molecule has 1 rings (SSSR count). The van der Waals surface area contributed by atoms with Gasteiger partial charge >= 0.3 is 0 Å². The van der Waals surface area contributed by atoms with E-state index < -0.39 is 0 Å². The van der Waals surface area contributed by atoms with Crippen molar-refractivity contribution in [3.8, 4) is 0 Å². The average Bonchev–Trinajstić information content (AvgIpc) is 2.14. The van der Waals surface area contributed by atoms with Crippen molar-refractivity contribution in [3.63, 3.8) is 0 Å². The first-order chi connectivity index (χ1) is 6.59. The van der Waals surface area contributed by atoms with Gasteiger partial charge in [0.1, 0.15) is 11.0 Å². The van der Waals surface area contributed by atoms with Crippen molar-refractivity contribution < 1.29 is 5.11 Å². The summed E-state index contributed by atoms with van der Waals surface area (Å²) in [5, 5.41) is 9.49. The molecule has 0 aliphatic heterocycles. The third-order valence-corrected chi connectivity index (χ3v) is 2.05. The summed E-state index contributed by atoms with van der Waals surface area (Å²) < 4.78 is 0. The molecule has 0 spiro atoms. The highest BCUT2D eigenvalue weighted by Crippen LogP contribution is 2.11. The van der Waals surface area contributed by atoms with Crippen LogP contribution < -0.4 is 4.90 Å². The Balaban J connectivity index is 2.56. The van der Waals surface area contributed by atoms with E-state index in [1.807, 2.05) is 11.9 Å². The monoisotopic (exact) mass is 215 g/mol. The molecule has 1 atom stereocenters. The lowest BCUT2D eigenvalue weighted by Gasteiger charge is -2.18. The molecule has 1 N–H and O–H groups in total. The summed E-state index contributed by atoms with van der Waals surface area (Å²) in [4.78, 5) is 9.94. The van der Waals surface area contributed by atoms with Crippen molar-refractivity contribution in [2.45, 2.75) is 19.4 Å². The van der Waals surface area contributed by atoms with Gasteiger partial charge in [-0.05, 0) is 13.3 Å². The molecule has 0 aromatic carbocycles. The molecule has 0 radical (unpaired) electrons. The van der Waals surface area contributed by atoms with Crippen LogP contribution >= 0.6 is 11.6 Å². The lowest BCUT2D eigenvalue weighted by atomic mass is 10.3. The Morgan fingerprint density at radius 2 is 2.29 bits per heavy atom. The molecule has 14 heavy (non-hydrogen) atoms. The molecular weight excluding hydrogens is 202 g/mol. The number of rotatable bonds is 4. The van der Waals surface area contributed by atoms with E-state index in [0.29, 0.717) is 11.6 Å². The highest BCUT2D eigenvalue weighted by atomic mass is 35.5. The van der Waals surface area contributed by atoms with Crippen molar-refractivity contribution in [1.29, 1.82) is 0 Å². The zero-order chi connectivity index (χ0) is 10.6. The minimum Gasteiger partial charge on any atom is -0.393 e. The predicted octanol–water partition coefficient (Wildman–Crippen LogP) is 1.34. The van der Waals surface area contributed by atoms with Crippen LogP contribution in [0.5, 0.6) is 0 Å². The van der Waals surface area contributed by atoms with Gasteiger partial charge in [0.15, 0.2) is 0 Å². The molecule has 0 amide bonds. The van der Waals surface area contributed by atoms with Gasteiger partial charge < -0.3 is 10.0 Å². The first-order valence-electron chi connectivity index (χ1n) is 4.46. The van der Waals surface area contributed by atoms with Gasteiger partial charge in [-0.15, -0.1) is 0 Å². The maximum Gasteiger partial charge on any atom is 0.149 e. The van der Waals surface area contributed by atoms with Gasteiger partial charge in [-0.1, -0.05) is 11.6 Å². The molecule has 0 saturated carbocycles. The van der Waals surface area contributed by atoms with Gasteiger partial charge in [0.25, 0.3) is 0 Å². The molecule has 78 valence electrons. The second-order valence-electron chi connectivity index (χ2n) is 3.26. The van der Waals surface area contributed by atoms with Crippen LogP contribution in [0.2, 0.25) is 5.15 Å². The molecule has 1 heterocycles. The Bertz CT molecular complexity index is 293. The number of aliphatic hydroxyl groups excluding tert-OH is 1. The van der Waals surface area contributed by atoms with Crippen molar-refractivity contribution in [3.05, 3.63) is 17.5 Å². The van der Waals surface area contributed by atoms with E-state index in [2.05, 4.69) is 9.97 Å². The second-order valence-corrected chi connectivity index (χ2v) is 3.65. The smallest absolute Gasteiger partial charge is 0.149 e. The molecule has 4 nitrogen and oxygen atoms in total. The molecule has 5 heteroatoms. The van der Waals surface area contributed by atoms with Crippen molar-refractivity contribution in [2.75, 3.05) is 18.5 Å². The maximum atomic E-state index is 9.11. The van der Waals surface area contributed by atoms with E-state index in [-0.39, 0.29) is 6.10 Å². The van der Waals surface area contributed by atoms with E-state index in [0.717, 1.165) is 12.4 Å². The summed E-state index contributed by atoms with van der Waals surface area (Å²) in [7, 11) is 1.89. The summed E-state index contributed by atoms with van der Waals surface area (Å²) in [6, 6.07) is 0. The molecule has 0 saturated heterocycles. The summed E-state index contributed by atoms with van der Waals surface area (Å²) in [6.07, 6.45) is 3.54. The minimum absolute atomic E-state index is 0.301. The van der Waals surface area contributed by atoms with Crippen molar-refractivity contribution >= 4 is 17.4 Å². The number of anilines is 1. The normalized spacial score (nSPS) is 12.6. The molecule has 1 aromatic rings. The van der Waals surface area contributed by atoms with Crippen LogP contribution in [-0.4, -0.2) is 34.8 Å². The Kier molecular flexibility index (Phi) is 4.10. The fourth-order valence-electron chi connectivity index (χ4n) is 1.01. The first kappa shape index (κ1) is 11.2. The minimum atomic E-state index is -0.301. The van der Waals surface area contributed by atoms with Crippen LogP contribution in [0.15, 0.2) is 12.4 Å². The summed E-state index contributed by atoms with van der Waals surface area (Å²) in [6.45, 7) is 2.49. The van der Waals surface area contributed by atoms with Gasteiger partial charge in [0.05, 0.1) is 18.5 Å². The van der Waals surface area contributed by atoms with Crippen LogP contribution in [0.1, 0.15) is 13.3 Å². The molecule has 0 aliphatic carbocycles. The molecule has 0 unspecified atom stereocenters. The van der Waals surface area contributed by atoms with E-state index in [1.54, 1.807) is 13.1 Å². The van der Waals surface area contributed by atoms with Crippen LogP contribution in [0.4, 0.5) is 5.82 Å². The van der Waals surface area contributed by atoms with Gasteiger partial charge in [-0.25, -0.2) is 4.98 Å². The van der Waals surface area contributed by atoms with Crippen LogP contribution in [-0.2, 0) is 0 Å². The lowest BCUT2D eigenvalue weighted by molar-refractivity contribution is 0.187. The van der Waals surface area contributed by atoms with E-state index in [9.17, 15) is 0 Å². The molecule has 0 fully saturated rings. The van der Waals surface area contributed by atoms with Gasteiger partial charge in [0, 0.05) is 13.6 Å². The van der Waals surface area contributed by atoms with Gasteiger partial charge in [-0.3, -0.25) is 4.98 Å². The summed E-state index contributed by atoms with van der Waals surface area (Å²) in [5.41, 5.74) is 0. The average molecular weight is 216 g/mol. The van der Waals surface area contributed by atoms with E-state index in [4.69, 9.17) is 16.7 Å². The Morgan fingerprint density at radius 1 is 1.57 bits per heavy atom. The van der Waals surface area contributed by atoms with E-state index in [1.165, 1.54) is 6.20 Å². The number of nitrogens with zero attached hydrogens (tertiary/aromatic N) is 3. The number of hydrogen-bond donors (Lipinski definition) is 1. The third kappa shape index (κ3) is 3.47. The summed E-state index contributed by atoms with van der Waals surface area (Å²) >= 11 is 5.70. The number of halogens is 1. The highest BCUT2D eigenvalue weighted by Gasteiger charge is 2.04. The Labute approximate surface area is 88.6 Å². The maximum absolute atomic E-state index is 9.11. The first-order valence-corrected chi connectivity index (χ1v) is 4.84. The fourth-order valence-corrected chi connectivity index (χ4v) is 1.15. The molecule has 0 aliphatic rings. The standard InChI is InChI=1S/C9H14ClN3O/c1-7(14)3-4-13(2)9-6-11-5-8(10)12-9/h5-7,14H,3-4H2,1-2H3/t7-/m1/s1.